The number of hydrogen-bond donors (Lipinski definition) is 4. The minimum Gasteiger partial charge on any atom is -0.396 e. The maximum Gasteiger partial charge on any atom is 0.0714 e. The van der Waals surface area contributed by atoms with E-state index in [9.17, 15) is 10.2 Å². The van der Waals surface area contributed by atoms with Crippen LogP contribution in [0.25, 0.3) is 0 Å². The summed E-state index contributed by atoms with van der Waals surface area (Å²) in [6.07, 6.45) is -0.864. The molecular weight excluding hydrogens is 158 g/mol. The lowest BCUT2D eigenvalue weighted by molar-refractivity contribution is 0.0112. The van der Waals surface area contributed by atoms with Gasteiger partial charge in [-0.2, -0.15) is 0 Å². The Hall–Kier alpha value is -0.160. The van der Waals surface area contributed by atoms with Gasteiger partial charge < -0.3 is 20.6 Å². The van der Waals surface area contributed by atoms with Gasteiger partial charge in [0.05, 0.1) is 12.2 Å². The first-order valence-corrected chi connectivity index (χ1v) is 4.25. The molecular formula is C8H19NO3. The molecule has 0 aliphatic rings. The summed E-state index contributed by atoms with van der Waals surface area (Å²) in [4.78, 5) is 0. The van der Waals surface area contributed by atoms with E-state index in [4.69, 9.17) is 5.11 Å². The first kappa shape index (κ1) is 11.8. The lowest BCUT2D eigenvalue weighted by atomic mass is 9.96. The molecule has 0 saturated heterocycles. The lowest BCUT2D eigenvalue weighted by Crippen LogP contribution is -2.36. The molecule has 0 amide bonds. The molecule has 0 saturated carbocycles. The summed E-state index contributed by atoms with van der Waals surface area (Å²) in [6.45, 7) is 2.18. The van der Waals surface area contributed by atoms with Gasteiger partial charge in [-0.05, 0) is 13.5 Å². The lowest BCUT2D eigenvalue weighted by Gasteiger charge is -2.23. The first-order chi connectivity index (χ1) is 5.63. The van der Waals surface area contributed by atoms with Crippen LogP contribution in [0.3, 0.4) is 0 Å². The maximum atomic E-state index is 9.41. The quantitative estimate of drug-likeness (QED) is 0.417. The zero-order valence-electron chi connectivity index (χ0n) is 7.70. The van der Waals surface area contributed by atoms with Gasteiger partial charge in [-0.15, -0.1) is 0 Å². The third-order valence-corrected chi connectivity index (χ3v) is 2.05. The summed E-state index contributed by atoms with van der Waals surface area (Å²) in [5.41, 5.74) is 0. The largest absolute Gasteiger partial charge is 0.396 e. The average Bonchev–Trinajstić information content (AvgIpc) is 2.04. The summed E-state index contributed by atoms with van der Waals surface area (Å²) in [5, 5.41) is 30.1. The summed E-state index contributed by atoms with van der Waals surface area (Å²) in [7, 11) is 1.74. The van der Waals surface area contributed by atoms with Crippen molar-refractivity contribution in [2.75, 3.05) is 20.2 Å². The highest BCUT2D eigenvalue weighted by Crippen LogP contribution is 2.10. The second-order valence-electron chi connectivity index (χ2n) is 3.06. The highest BCUT2D eigenvalue weighted by Gasteiger charge is 2.20. The predicted octanol–water partition coefficient (Wildman–Crippen LogP) is -1.05. The maximum absolute atomic E-state index is 9.41. The Morgan fingerprint density at radius 2 is 1.83 bits per heavy atom. The van der Waals surface area contributed by atoms with E-state index in [1.165, 1.54) is 0 Å². The van der Waals surface area contributed by atoms with Gasteiger partial charge in [0.25, 0.3) is 0 Å². The van der Waals surface area contributed by atoms with Crippen LogP contribution in [0.15, 0.2) is 0 Å². The standard InChI is InChI=1S/C8H19NO3/c1-6(7(11)3-4-10)8(12)5-9-2/h6-12H,3-5H2,1-2H3/t6-,7+,8-/m0/s1. The van der Waals surface area contributed by atoms with E-state index in [-0.39, 0.29) is 12.5 Å². The molecule has 12 heavy (non-hydrogen) atoms. The zero-order chi connectivity index (χ0) is 9.56. The highest BCUT2D eigenvalue weighted by atomic mass is 16.3. The van der Waals surface area contributed by atoms with Gasteiger partial charge in [0, 0.05) is 19.1 Å². The first-order valence-electron chi connectivity index (χ1n) is 4.25. The van der Waals surface area contributed by atoms with Crippen molar-refractivity contribution in [3.8, 4) is 0 Å². The van der Waals surface area contributed by atoms with Gasteiger partial charge in [-0.3, -0.25) is 0 Å². The Labute approximate surface area is 73.2 Å². The molecule has 0 bridgehead atoms. The van der Waals surface area contributed by atoms with E-state index < -0.39 is 12.2 Å². The van der Waals surface area contributed by atoms with Gasteiger partial charge in [0.2, 0.25) is 0 Å². The molecule has 3 atom stereocenters. The van der Waals surface area contributed by atoms with E-state index in [1.807, 2.05) is 0 Å². The summed E-state index contributed by atoms with van der Waals surface area (Å²) in [6, 6.07) is 0. The van der Waals surface area contributed by atoms with Gasteiger partial charge in [0.1, 0.15) is 0 Å². The zero-order valence-corrected chi connectivity index (χ0v) is 7.70. The molecule has 0 aliphatic heterocycles. The minimum absolute atomic E-state index is 0.0439. The number of hydrogen-bond acceptors (Lipinski definition) is 4. The molecule has 0 fully saturated rings. The van der Waals surface area contributed by atoms with Crippen LogP contribution >= 0.6 is 0 Å². The Morgan fingerprint density at radius 1 is 1.25 bits per heavy atom. The van der Waals surface area contributed by atoms with Crippen molar-refractivity contribution in [1.82, 2.24) is 5.32 Å². The average molecular weight is 177 g/mol. The molecule has 0 aromatic rings. The Bertz CT molecular complexity index is 98.5. The summed E-state index contributed by atoms with van der Waals surface area (Å²) < 4.78 is 0. The van der Waals surface area contributed by atoms with Crippen molar-refractivity contribution < 1.29 is 15.3 Å². The number of nitrogens with one attached hydrogen (secondary N) is 1. The molecule has 0 rings (SSSR count). The molecule has 0 heterocycles. The fraction of sp³-hybridized carbons (Fsp3) is 1.00. The van der Waals surface area contributed by atoms with Crippen LogP contribution in [0.4, 0.5) is 0 Å². The monoisotopic (exact) mass is 177 g/mol. The minimum atomic E-state index is -0.627. The van der Waals surface area contributed by atoms with Gasteiger partial charge >= 0.3 is 0 Å². The third kappa shape index (κ3) is 4.01. The number of likely N-dealkylation sites (N-methyl/N-ethyl adjacent to an activating group) is 1. The number of aliphatic hydroxyl groups is 3. The topological polar surface area (TPSA) is 72.7 Å². The molecule has 0 aromatic heterocycles. The van der Waals surface area contributed by atoms with Gasteiger partial charge in [-0.1, -0.05) is 6.92 Å². The van der Waals surface area contributed by atoms with Crippen molar-refractivity contribution >= 4 is 0 Å². The number of rotatable bonds is 6. The van der Waals surface area contributed by atoms with Crippen LogP contribution in [0.1, 0.15) is 13.3 Å². The van der Waals surface area contributed by atoms with Crippen molar-refractivity contribution in [2.24, 2.45) is 5.92 Å². The Balaban J connectivity index is 3.73. The Kier molecular flexibility index (Phi) is 6.28. The van der Waals surface area contributed by atoms with Crippen LogP contribution in [-0.4, -0.2) is 47.7 Å². The molecule has 0 radical (unpaired) electrons. The van der Waals surface area contributed by atoms with Crippen molar-refractivity contribution in [3.63, 3.8) is 0 Å². The van der Waals surface area contributed by atoms with E-state index in [2.05, 4.69) is 5.32 Å². The fourth-order valence-corrected chi connectivity index (χ4v) is 1.05. The second-order valence-corrected chi connectivity index (χ2v) is 3.06. The molecule has 0 aromatic carbocycles. The van der Waals surface area contributed by atoms with Crippen LogP contribution in [0.2, 0.25) is 0 Å². The van der Waals surface area contributed by atoms with Crippen LogP contribution < -0.4 is 5.32 Å². The van der Waals surface area contributed by atoms with E-state index in [1.54, 1.807) is 14.0 Å². The van der Waals surface area contributed by atoms with Crippen LogP contribution in [-0.2, 0) is 0 Å². The second kappa shape index (κ2) is 6.37. The van der Waals surface area contributed by atoms with E-state index in [0.717, 1.165) is 0 Å². The van der Waals surface area contributed by atoms with Gasteiger partial charge in [-0.25, -0.2) is 0 Å². The molecule has 4 N–H and O–H groups in total. The Morgan fingerprint density at radius 3 is 2.25 bits per heavy atom. The summed E-state index contributed by atoms with van der Waals surface area (Å²) in [5.74, 6) is -0.204. The van der Waals surface area contributed by atoms with Crippen molar-refractivity contribution in [3.05, 3.63) is 0 Å². The van der Waals surface area contributed by atoms with Crippen molar-refractivity contribution in [1.29, 1.82) is 0 Å². The molecule has 0 spiro atoms. The smallest absolute Gasteiger partial charge is 0.0714 e. The molecule has 4 nitrogen and oxygen atoms in total. The number of aliphatic hydroxyl groups excluding tert-OH is 3. The predicted molar refractivity (Wildman–Crippen MR) is 46.8 cm³/mol. The third-order valence-electron chi connectivity index (χ3n) is 2.05. The molecule has 4 heteroatoms. The van der Waals surface area contributed by atoms with E-state index in [0.29, 0.717) is 13.0 Å². The normalized spacial score (nSPS) is 18.8. The van der Waals surface area contributed by atoms with Gasteiger partial charge in [0.15, 0.2) is 0 Å². The molecule has 0 aliphatic carbocycles. The highest BCUT2D eigenvalue weighted by molar-refractivity contribution is 4.73. The van der Waals surface area contributed by atoms with Crippen LogP contribution in [0, 0.1) is 5.92 Å². The fourth-order valence-electron chi connectivity index (χ4n) is 1.05. The summed E-state index contributed by atoms with van der Waals surface area (Å²) >= 11 is 0. The van der Waals surface area contributed by atoms with E-state index >= 15 is 0 Å². The molecule has 74 valence electrons. The molecule has 0 unspecified atom stereocenters. The van der Waals surface area contributed by atoms with Crippen LogP contribution in [0.5, 0.6) is 0 Å². The SMILES string of the molecule is CNC[C@H](O)[C@@H](C)[C@H](O)CCO. The van der Waals surface area contributed by atoms with Crippen molar-refractivity contribution in [2.45, 2.75) is 25.6 Å².